The number of methoxy groups -OCH3 is 1. The summed E-state index contributed by atoms with van der Waals surface area (Å²) in [5.74, 6) is 1.01. The van der Waals surface area contributed by atoms with Crippen LogP contribution >= 0.6 is 11.6 Å². The van der Waals surface area contributed by atoms with E-state index in [-0.39, 0.29) is 11.8 Å². The summed E-state index contributed by atoms with van der Waals surface area (Å²) in [5.41, 5.74) is 1.30. The van der Waals surface area contributed by atoms with Crippen LogP contribution in [0.25, 0.3) is 0 Å². The van der Waals surface area contributed by atoms with Gasteiger partial charge in [-0.25, -0.2) is 0 Å². The van der Waals surface area contributed by atoms with E-state index < -0.39 is 0 Å². The van der Waals surface area contributed by atoms with Crippen LogP contribution in [0.1, 0.15) is 18.5 Å². The predicted molar refractivity (Wildman–Crippen MR) is 79.4 cm³/mol. The molecule has 0 unspecified atom stereocenters. The maximum absolute atomic E-state index is 11.6. The van der Waals surface area contributed by atoms with Crippen LogP contribution in [0.4, 0.5) is 0 Å². The van der Waals surface area contributed by atoms with Gasteiger partial charge in [-0.15, -0.1) is 11.6 Å². The molecule has 4 nitrogen and oxygen atoms in total. The molecule has 20 heavy (non-hydrogen) atoms. The molecular weight excluding hydrogens is 276 g/mol. The number of piperazine rings is 1. The van der Waals surface area contributed by atoms with E-state index >= 15 is 0 Å². The third kappa shape index (κ3) is 3.44. The van der Waals surface area contributed by atoms with Crippen molar-refractivity contribution in [2.75, 3.05) is 39.2 Å². The van der Waals surface area contributed by atoms with Gasteiger partial charge in [0.15, 0.2) is 0 Å². The summed E-state index contributed by atoms with van der Waals surface area (Å²) in [5, 5.41) is 0. The van der Waals surface area contributed by atoms with Crippen LogP contribution in [0.2, 0.25) is 0 Å². The number of hydrogen-bond acceptors (Lipinski definition) is 2. The number of quaternary nitrogens is 1. The summed E-state index contributed by atoms with van der Waals surface area (Å²) in [6.45, 7) is 5.75. The van der Waals surface area contributed by atoms with Gasteiger partial charge < -0.3 is 14.5 Å². The fourth-order valence-electron chi connectivity index (χ4n) is 2.69. The molecule has 1 fully saturated rings. The Bertz CT molecular complexity index is 442. The molecule has 1 aromatic carbocycles. The second-order valence-corrected chi connectivity index (χ2v) is 5.43. The quantitative estimate of drug-likeness (QED) is 0.831. The van der Waals surface area contributed by atoms with Crippen molar-refractivity contribution in [2.24, 2.45) is 0 Å². The number of amides is 1. The monoisotopic (exact) mass is 297 g/mol. The third-order valence-corrected chi connectivity index (χ3v) is 4.33. The Morgan fingerprint density at radius 3 is 2.45 bits per heavy atom. The summed E-state index contributed by atoms with van der Waals surface area (Å²) in [4.78, 5) is 14.9. The summed E-state index contributed by atoms with van der Waals surface area (Å²) < 4.78 is 5.18. The Kier molecular flexibility index (Phi) is 5.26. The smallest absolute Gasteiger partial charge is 0.237 e. The molecule has 1 aromatic rings. The van der Waals surface area contributed by atoms with Crippen molar-refractivity contribution in [3.05, 3.63) is 29.8 Å². The first-order valence-corrected chi connectivity index (χ1v) is 7.51. The molecule has 1 atom stereocenters. The number of carbonyl (C=O) groups excluding carboxylic acids is 1. The highest BCUT2D eigenvalue weighted by atomic mass is 35.5. The van der Waals surface area contributed by atoms with Gasteiger partial charge in [-0.2, -0.15) is 0 Å². The van der Waals surface area contributed by atoms with Crippen molar-refractivity contribution >= 4 is 17.5 Å². The molecule has 0 saturated carbocycles. The molecule has 2 rings (SSSR count). The van der Waals surface area contributed by atoms with Gasteiger partial charge in [0.2, 0.25) is 5.91 Å². The van der Waals surface area contributed by atoms with Crippen molar-refractivity contribution in [3.63, 3.8) is 0 Å². The van der Waals surface area contributed by atoms with Gasteiger partial charge in [-0.05, 0) is 31.2 Å². The molecule has 1 saturated heterocycles. The van der Waals surface area contributed by atoms with Crippen LogP contribution in [0.5, 0.6) is 5.75 Å². The van der Waals surface area contributed by atoms with Crippen molar-refractivity contribution in [2.45, 2.75) is 13.0 Å². The summed E-state index contributed by atoms with van der Waals surface area (Å²) in [7, 11) is 1.68. The average Bonchev–Trinajstić information content (AvgIpc) is 2.53. The SMILES string of the molecule is COc1ccc([C@H](C)[NH+]2CCN(C(=O)CCl)CC2)cc1. The number of carbonyl (C=O) groups is 1. The van der Waals surface area contributed by atoms with Gasteiger partial charge in [0, 0.05) is 5.56 Å². The van der Waals surface area contributed by atoms with Crippen LogP contribution in [0.3, 0.4) is 0 Å². The lowest BCUT2D eigenvalue weighted by Crippen LogP contribution is -3.14. The first kappa shape index (κ1) is 15.1. The van der Waals surface area contributed by atoms with Gasteiger partial charge in [0.1, 0.15) is 17.7 Å². The number of rotatable bonds is 4. The molecule has 1 heterocycles. The number of halogens is 1. The molecule has 0 bridgehead atoms. The van der Waals surface area contributed by atoms with E-state index in [4.69, 9.17) is 16.3 Å². The minimum absolute atomic E-state index is 0.0443. The molecule has 1 aliphatic rings. The van der Waals surface area contributed by atoms with Gasteiger partial charge in [-0.3, -0.25) is 4.79 Å². The molecule has 0 radical (unpaired) electrons. The Labute approximate surface area is 125 Å². The normalized spacial score (nSPS) is 17.9. The first-order valence-electron chi connectivity index (χ1n) is 6.98. The van der Waals surface area contributed by atoms with E-state index in [0.29, 0.717) is 6.04 Å². The second-order valence-electron chi connectivity index (χ2n) is 5.17. The summed E-state index contributed by atoms with van der Waals surface area (Å²) in [6.07, 6.45) is 0. The number of nitrogens with one attached hydrogen (secondary N) is 1. The van der Waals surface area contributed by atoms with E-state index in [1.165, 1.54) is 10.5 Å². The molecule has 0 aliphatic carbocycles. The van der Waals surface area contributed by atoms with Crippen LogP contribution in [-0.2, 0) is 4.79 Å². The van der Waals surface area contributed by atoms with E-state index in [1.807, 2.05) is 17.0 Å². The zero-order valence-corrected chi connectivity index (χ0v) is 12.8. The number of nitrogens with zero attached hydrogens (tertiary/aromatic N) is 1. The van der Waals surface area contributed by atoms with Gasteiger partial charge >= 0.3 is 0 Å². The number of alkyl halides is 1. The zero-order chi connectivity index (χ0) is 14.5. The maximum Gasteiger partial charge on any atom is 0.237 e. The Hall–Kier alpha value is -1.26. The number of ether oxygens (including phenoxy) is 1. The minimum Gasteiger partial charge on any atom is -0.497 e. The molecule has 0 aromatic heterocycles. The Morgan fingerprint density at radius 2 is 1.95 bits per heavy atom. The largest absolute Gasteiger partial charge is 0.497 e. The highest BCUT2D eigenvalue weighted by molar-refractivity contribution is 6.27. The Morgan fingerprint density at radius 1 is 1.35 bits per heavy atom. The van der Waals surface area contributed by atoms with Crippen molar-refractivity contribution in [1.29, 1.82) is 0 Å². The fourth-order valence-corrected chi connectivity index (χ4v) is 2.86. The predicted octanol–water partition coefficient (Wildman–Crippen LogP) is 0.722. The van der Waals surface area contributed by atoms with Gasteiger partial charge in [-0.1, -0.05) is 0 Å². The molecular formula is C15H22ClN2O2+. The minimum atomic E-state index is 0.0443. The van der Waals surface area contributed by atoms with Crippen molar-refractivity contribution < 1.29 is 14.4 Å². The maximum atomic E-state index is 11.6. The first-order chi connectivity index (χ1) is 9.65. The van der Waals surface area contributed by atoms with E-state index in [9.17, 15) is 4.79 Å². The third-order valence-electron chi connectivity index (χ3n) is 4.10. The number of hydrogen-bond donors (Lipinski definition) is 1. The second kappa shape index (κ2) is 6.95. The summed E-state index contributed by atoms with van der Waals surface area (Å²) in [6, 6.07) is 8.66. The standard InChI is InChI=1S/C15H21ClN2O2/c1-12(13-3-5-14(20-2)6-4-13)17-7-9-18(10-8-17)15(19)11-16/h3-6,12H,7-11H2,1-2H3/p+1/t12-/m0/s1. The van der Waals surface area contributed by atoms with Gasteiger partial charge in [0.25, 0.3) is 0 Å². The molecule has 0 spiro atoms. The topological polar surface area (TPSA) is 34.0 Å². The lowest BCUT2D eigenvalue weighted by Gasteiger charge is -2.35. The van der Waals surface area contributed by atoms with E-state index in [1.54, 1.807) is 7.11 Å². The van der Waals surface area contributed by atoms with Crippen molar-refractivity contribution in [1.82, 2.24) is 4.90 Å². The zero-order valence-electron chi connectivity index (χ0n) is 12.1. The fraction of sp³-hybridized carbons (Fsp3) is 0.533. The van der Waals surface area contributed by atoms with Crippen LogP contribution in [-0.4, -0.2) is 50.0 Å². The molecule has 1 amide bonds. The highest BCUT2D eigenvalue weighted by Gasteiger charge is 2.27. The van der Waals surface area contributed by atoms with Crippen LogP contribution in [0.15, 0.2) is 24.3 Å². The Balaban J connectivity index is 1.93. The lowest BCUT2D eigenvalue weighted by atomic mass is 10.1. The molecule has 1 N–H and O–H groups in total. The van der Waals surface area contributed by atoms with E-state index in [2.05, 4.69) is 19.1 Å². The molecule has 1 aliphatic heterocycles. The molecule has 5 heteroatoms. The average molecular weight is 298 g/mol. The van der Waals surface area contributed by atoms with Gasteiger partial charge in [0.05, 0.1) is 33.3 Å². The lowest BCUT2D eigenvalue weighted by molar-refractivity contribution is -0.933. The molecule has 110 valence electrons. The summed E-state index contributed by atoms with van der Waals surface area (Å²) >= 11 is 5.60. The van der Waals surface area contributed by atoms with Crippen molar-refractivity contribution in [3.8, 4) is 5.75 Å². The van der Waals surface area contributed by atoms with Crippen LogP contribution in [0, 0.1) is 0 Å². The van der Waals surface area contributed by atoms with E-state index in [0.717, 1.165) is 31.9 Å². The number of benzene rings is 1. The highest BCUT2D eigenvalue weighted by Crippen LogP contribution is 2.15. The van der Waals surface area contributed by atoms with Crippen LogP contribution < -0.4 is 9.64 Å².